The van der Waals surface area contributed by atoms with E-state index in [2.05, 4.69) is 9.97 Å². The lowest BCUT2D eigenvalue weighted by molar-refractivity contribution is -0.147. The van der Waals surface area contributed by atoms with Crippen molar-refractivity contribution in [1.29, 1.82) is 0 Å². The molecule has 0 atom stereocenters. The molecule has 1 aliphatic rings. The standard InChI is InChI=1S/C23H25F3N4O3S/c1-22(2,21(32)33)8-3-6-19(31)29-10-7-14-15-5-4-9-27-20(15)30(16(14)11-29)12-18-28-17(13-34-18)23(24,25)26/h4-5,9,13H,3,6-8,10-12H2,1-2H3,(H,32,33). The molecule has 1 aliphatic heterocycles. The Balaban J connectivity index is 1.55. The first-order valence-corrected chi connectivity index (χ1v) is 11.8. The van der Waals surface area contributed by atoms with Gasteiger partial charge in [-0.05, 0) is 50.8 Å². The molecule has 34 heavy (non-hydrogen) atoms. The Hall–Kier alpha value is -2.95. The molecule has 0 fully saturated rings. The van der Waals surface area contributed by atoms with Crippen LogP contribution in [-0.4, -0.2) is 43.0 Å². The number of carbonyl (C=O) groups excluding carboxylic acids is 1. The third kappa shape index (κ3) is 4.79. The minimum Gasteiger partial charge on any atom is -0.481 e. The molecule has 3 aromatic heterocycles. The topological polar surface area (TPSA) is 88.3 Å². The molecule has 0 unspecified atom stereocenters. The maximum absolute atomic E-state index is 13.0. The van der Waals surface area contributed by atoms with Crippen LogP contribution in [0.1, 0.15) is 55.1 Å². The van der Waals surface area contributed by atoms with Gasteiger partial charge in [0, 0.05) is 35.6 Å². The van der Waals surface area contributed by atoms with Gasteiger partial charge in [0.1, 0.15) is 10.7 Å². The summed E-state index contributed by atoms with van der Waals surface area (Å²) in [6, 6.07) is 3.76. The molecule has 0 spiro atoms. The Kier molecular flexibility index (Phi) is 6.41. The fourth-order valence-electron chi connectivity index (χ4n) is 4.24. The molecule has 0 aliphatic carbocycles. The van der Waals surface area contributed by atoms with Crippen molar-refractivity contribution >= 4 is 34.2 Å². The van der Waals surface area contributed by atoms with E-state index in [0.717, 1.165) is 33.4 Å². The van der Waals surface area contributed by atoms with Crippen LogP contribution in [0.15, 0.2) is 23.7 Å². The number of aliphatic carboxylic acids is 1. The largest absolute Gasteiger partial charge is 0.481 e. The van der Waals surface area contributed by atoms with Crippen LogP contribution in [0.25, 0.3) is 11.0 Å². The van der Waals surface area contributed by atoms with Crippen LogP contribution in [0.4, 0.5) is 13.2 Å². The van der Waals surface area contributed by atoms with Gasteiger partial charge in [-0.2, -0.15) is 13.2 Å². The monoisotopic (exact) mass is 494 g/mol. The summed E-state index contributed by atoms with van der Waals surface area (Å²) in [6.07, 6.45) is -1.15. The zero-order valence-electron chi connectivity index (χ0n) is 18.9. The molecule has 11 heteroatoms. The van der Waals surface area contributed by atoms with Gasteiger partial charge in [0.05, 0.1) is 18.5 Å². The second kappa shape index (κ2) is 9.01. The summed E-state index contributed by atoms with van der Waals surface area (Å²) in [7, 11) is 0. The van der Waals surface area contributed by atoms with Gasteiger partial charge in [-0.25, -0.2) is 9.97 Å². The van der Waals surface area contributed by atoms with E-state index in [9.17, 15) is 27.9 Å². The molecule has 0 aromatic carbocycles. The number of halogens is 3. The highest BCUT2D eigenvalue weighted by atomic mass is 32.1. The number of hydrogen-bond donors (Lipinski definition) is 1. The van der Waals surface area contributed by atoms with Crippen LogP contribution in [0.3, 0.4) is 0 Å². The van der Waals surface area contributed by atoms with E-state index in [1.165, 1.54) is 0 Å². The number of nitrogens with zero attached hydrogens (tertiary/aromatic N) is 4. The molecule has 0 saturated carbocycles. The SMILES string of the molecule is CC(C)(CCCC(=O)N1CCc2c(n(Cc3nc(C(F)(F)F)cs3)c3ncccc23)C1)C(=O)O. The number of amides is 1. The highest BCUT2D eigenvalue weighted by Gasteiger charge is 2.34. The molecular weight excluding hydrogens is 469 g/mol. The summed E-state index contributed by atoms with van der Waals surface area (Å²) in [4.78, 5) is 34.1. The van der Waals surface area contributed by atoms with Gasteiger partial charge < -0.3 is 14.6 Å². The number of pyridine rings is 1. The number of rotatable bonds is 7. The summed E-state index contributed by atoms with van der Waals surface area (Å²) < 4.78 is 40.9. The average molecular weight is 495 g/mol. The Labute approximate surface area is 198 Å². The third-order valence-electron chi connectivity index (χ3n) is 6.27. The summed E-state index contributed by atoms with van der Waals surface area (Å²) in [5.74, 6) is -0.958. The Morgan fingerprint density at radius 1 is 1.26 bits per heavy atom. The van der Waals surface area contributed by atoms with Gasteiger partial charge in [-0.1, -0.05) is 0 Å². The lowest BCUT2D eigenvalue weighted by atomic mass is 9.87. The van der Waals surface area contributed by atoms with Crippen molar-refractivity contribution in [2.75, 3.05) is 6.54 Å². The van der Waals surface area contributed by atoms with Crippen molar-refractivity contribution in [3.8, 4) is 0 Å². The summed E-state index contributed by atoms with van der Waals surface area (Å²) >= 11 is 0.948. The van der Waals surface area contributed by atoms with Gasteiger partial charge in [0.15, 0.2) is 5.69 Å². The van der Waals surface area contributed by atoms with E-state index in [0.29, 0.717) is 43.0 Å². The molecule has 4 heterocycles. The zero-order valence-corrected chi connectivity index (χ0v) is 19.7. The number of carboxylic acids is 1. The minimum atomic E-state index is -4.50. The van der Waals surface area contributed by atoms with Crippen molar-refractivity contribution in [2.45, 2.75) is 58.8 Å². The Bertz CT molecular complexity index is 1230. The predicted molar refractivity (Wildman–Crippen MR) is 120 cm³/mol. The van der Waals surface area contributed by atoms with E-state index < -0.39 is 23.3 Å². The highest BCUT2D eigenvalue weighted by Crippen LogP contribution is 2.33. The smallest absolute Gasteiger partial charge is 0.434 e. The van der Waals surface area contributed by atoms with Crippen molar-refractivity contribution in [1.82, 2.24) is 19.4 Å². The molecule has 0 saturated heterocycles. The van der Waals surface area contributed by atoms with Crippen LogP contribution < -0.4 is 0 Å². The van der Waals surface area contributed by atoms with Crippen LogP contribution >= 0.6 is 11.3 Å². The highest BCUT2D eigenvalue weighted by molar-refractivity contribution is 7.09. The van der Waals surface area contributed by atoms with Gasteiger partial charge in [-0.15, -0.1) is 11.3 Å². The molecule has 182 valence electrons. The number of carbonyl (C=O) groups is 2. The fraction of sp³-hybridized carbons (Fsp3) is 0.478. The summed E-state index contributed by atoms with van der Waals surface area (Å²) in [6.45, 7) is 4.27. The molecule has 3 aromatic rings. The molecule has 0 bridgehead atoms. The van der Waals surface area contributed by atoms with Gasteiger partial charge in [0.2, 0.25) is 5.91 Å². The van der Waals surface area contributed by atoms with Crippen molar-refractivity contribution in [2.24, 2.45) is 5.41 Å². The first-order valence-electron chi connectivity index (χ1n) is 10.9. The second-order valence-corrected chi connectivity index (χ2v) is 10.1. The summed E-state index contributed by atoms with van der Waals surface area (Å²) in [5, 5.41) is 11.5. The lowest BCUT2D eigenvalue weighted by Gasteiger charge is -2.29. The molecule has 0 radical (unpaired) electrons. The van der Waals surface area contributed by atoms with E-state index in [1.54, 1.807) is 24.9 Å². The van der Waals surface area contributed by atoms with E-state index >= 15 is 0 Å². The van der Waals surface area contributed by atoms with Crippen molar-refractivity contribution in [3.63, 3.8) is 0 Å². The first-order chi connectivity index (χ1) is 16.0. The van der Waals surface area contributed by atoms with Crippen LogP contribution in [-0.2, 0) is 35.3 Å². The predicted octanol–water partition coefficient (Wildman–Crippen LogP) is 4.73. The number of alkyl halides is 3. The minimum absolute atomic E-state index is 0.0646. The first kappa shape index (κ1) is 24.2. The van der Waals surface area contributed by atoms with Crippen LogP contribution in [0.5, 0.6) is 0 Å². The van der Waals surface area contributed by atoms with Crippen LogP contribution in [0, 0.1) is 5.41 Å². The van der Waals surface area contributed by atoms with Gasteiger partial charge in [0.25, 0.3) is 0 Å². The normalized spacial score (nSPS) is 14.4. The van der Waals surface area contributed by atoms with Crippen LogP contribution in [0.2, 0.25) is 0 Å². The Morgan fingerprint density at radius 3 is 2.71 bits per heavy atom. The average Bonchev–Trinajstić information content (AvgIpc) is 3.37. The van der Waals surface area contributed by atoms with Gasteiger partial charge in [-0.3, -0.25) is 9.59 Å². The zero-order chi connectivity index (χ0) is 24.7. The number of carboxylic acid groups (broad SMARTS) is 1. The number of thiazole rings is 1. The molecule has 4 rings (SSSR count). The molecular formula is C23H25F3N4O3S. The Morgan fingerprint density at radius 2 is 2.03 bits per heavy atom. The fourth-order valence-corrected chi connectivity index (χ4v) is 5.03. The number of fused-ring (bicyclic) bond motifs is 3. The maximum atomic E-state index is 13.0. The van der Waals surface area contributed by atoms with Crippen molar-refractivity contribution in [3.05, 3.63) is 45.7 Å². The molecule has 1 amide bonds. The summed E-state index contributed by atoms with van der Waals surface area (Å²) in [5.41, 5.74) is 0.756. The van der Waals surface area contributed by atoms with E-state index in [1.807, 2.05) is 16.7 Å². The number of hydrogen-bond acceptors (Lipinski definition) is 5. The van der Waals surface area contributed by atoms with Crippen molar-refractivity contribution < 1.29 is 27.9 Å². The maximum Gasteiger partial charge on any atom is 0.434 e. The lowest BCUT2D eigenvalue weighted by Crippen LogP contribution is -2.36. The quantitative estimate of drug-likeness (QED) is 0.513. The van der Waals surface area contributed by atoms with Gasteiger partial charge >= 0.3 is 12.1 Å². The van der Waals surface area contributed by atoms with E-state index in [4.69, 9.17) is 0 Å². The molecule has 1 N–H and O–H groups in total. The van der Waals surface area contributed by atoms with E-state index in [-0.39, 0.29) is 18.9 Å². The number of aromatic nitrogens is 3. The second-order valence-electron chi connectivity index (χ2n) is 9.12. The molecule has 7 nitrogen and oxygen atoms in total. The third-order valence-corrected chi connectivity index (χ3v) is 7.11.